The number of hydrogen-bond acceptors (Lipinski definition) is 5. The molecule has 0 aromatic heterocycles. The second kappa shape index (κ2) is 6.62. The summed E-state index contributed by atoms with van der Waals surface area (Å²) < 4.78 is 20.7. The molecule has 1 aliphatic heterocycles. The highest BCUT2D eigenvalue weighted by atomic mass is 16.7. The smallest absolute Gasteiger partial charge is 0.333 e. The second-order valence-electron chi connectivity index (χ2n) is 3.65. The van der Waals surface area contributed by atoms with E-state index in [4.69, 9.17) is 18.9 Å². The van der Waals surface area contributed by atoms with Gasteiger partial charge in [-0.3, -0.25) is 0 Å². The minimum Gasteiger partial charge on any atom is -0.460 e. The molecule has 1 aliphatic rings. The van der Waals surface area contributed by atoms with Gasteiger partial charge in [-0.2, -0.15) is 0 Å². The number of hydrogen-bond donors (Lipinski definition) is 0. The number of esters is 1. The van der Waals surface area contributed by atoms with Crippen molar-refractivity contribution in [2.75, 3.05) is 26.4 Å². The van der Waals surface area contributed by atoms with Crippen LogP contribution in [0.15, 0.2) is 12.2 Å². The van der Waals surface area contributed by atoms with Gasteiger partial charge in [-0.1, -0.05) is 6.58 Å². The summed E-state index contributed by atoms with van der Waals surface area (Å²) in [5.74, 6) is -0.391. The zero-order valence-electron chi connectivity index (χ0n) is 9.73. The molecular weight excluding hydrogens is 212 g/mol. The van der Waals surface area contributed by atoms with Crippen LogP contribution in [0.1, 0.15) is 13.8 Å². The highest BCUT2D eigenvalue weighted by molar-refractivity contribution is 5.86. The Bertz CT molecular complexity index is 251. The molecule has 0 radical (unpaired) electrons. The second-order valence-corrected chi connectivity index (χ2v) is 3.65. The molecule has 2 atom stereocenters. The average molecular weight is 230 g/mol. The first-order valence-electron chi connectivity index (χ1n) is 5.27. The fourth-order valence-corrected chi connectivity index (χ4v) is 1.21. The van der Waals surface area contributed by atoms with Gasteiger partial charge in [0.2, 0.25) is 0 Å². The summed E-state index contributed by atoms with van der Waals surface area (Å²) in [6, 6.07) is 0. The molecule has 1 rings (SSSR count). The third kappa shape index (κ3) is 4.74. The monoisotopic (exact) mass is 230 g/mol. The standard InChI is InChI=1S/C11H18O5/c1-8(2)11(12)14-5-4-13-6-10-7-15-9(3)16-10/h9-10H,1,4-7H2,2-3H3. The normalized spacial score (nSPS) is 24.4. The third-order valence-electron chi connectivity index (χ3n) is 2.01. The van der Waals surface area contributed by atoms with Crippen LogP contribution < -0.4 is 0 Å². The third-order valence-corrected chi connectivity index (χ3v) is 2.01. The Morgan fingerprint density at radius 1 is 1.50 bits per heavy atom. The Hall–Kier alpha value is -0.910. The molecule has 5 nitrogen and oxygen atoms in total. The van der Waals surface area contributed by atoms with Gasteiger partial charge >= 0.3 is 5.97 Å². The molecule has 16 heavy (non-hydrogen) atoms. The lowest BCUT2D eigenvalue weighted by Crippen LogP contribution is -2.20. The van der Waals surface area contributed by atoms with Crippen LogP contribution in [-0.4, -0.2) is 44.8 Å². The highest BCUT2D eigenvalue weighted by Crippen LogP contribution is 2.10. The van der Waals surface area contributed by atoms with Crippen molar-refractivity contribution in [3.8, 4) is 0 Å². The van der Waals surface area contributed by atoms with Crippen molar-refractivity contribution in [2.24, 2.45) is 0 Å². The van der Waals surface area contributed by atoms with Gasteiger partial charge in [0.15, 0.2) is 6.29 Å². The summed E-state index contributed by atoms with van der Waals surface area (Å²) in [4.78, 5) is 11.0. The molecule has 2 unspecified atom stereocenters. The summed E-state index contributed by atoms with van der Waals surface area (Å²) in [6.45, 7) is 8.51. The summed E-state index contributed by atoms with van der Waals surface area (Å²) in [7, 11) is 0. The van der Waals surface area contributed by atoms with Crippen LogP contribution in [0.5, 0.6) is 0 Å². The molecular formula is C11H18O5. The van der Waals surface area contributed by atoms with Gasteiger partial charge in [0.05, 0.1) is 19.8 Å². The van der Waals surface area contributed by atoms with Gasteiger partial charge in [-0.05, 0) is 13.8 Å². The zero-order chi connectivity index (χ0) is 12.0. The van der Waals surface area contributed by atoms with E-state index in [1.54, 1.807) is 6.92 Å². The van der Waals surface area contributed by atoms with Gasteiger partial charge in [-0.15, -0.1) is 0 Å². The summed E-state index contributed by atoms with van der Waals surface area (Å²) in [5.41, 5.74) is 0.390. The predicted octanol–water partition coefficient (Wildman–Crippen LogP) is 0.884. The Morgan fingerprint density at radius 2 is 2.25 bits per heavy atom. The van der Waals surface area contributed by atoms with Crippen molar-refractivity contribution >= 4 is 5.97 Å². The van der Waals surface area contributed by atoms with Crippen molar-refractivity contribution < 1.29 is 23.7 Å². The van der Waals surface area contributed by atoms with Crippen molar-refractivity contribution in [1.29, 1.82) is 0 Å². The first kappa shape index (κ1) is 13.2. The lowest BCUT2D eigenvalue weighted by molar-refractivity contribution is -0.140. The number of carbonyl (C=O) groups is 1. The lowest BCUT2D eigenvalue weighted by atomic mass is 10.4. The Morgan fingerprint density at radius 3 is 2.81 bits per heavy atom. The van der Waals surface area contributed by atoms with Crippen LogP contribution in [0.2, 0.25) is 0 Å². The van der Waals surface area contributed by atoms with E-state index in [0.717, 1.165) is 0 Å². The molecule has 0 saturated carbocycles. The highest BCUT2D eigenvalue weighted by Gasteiger charge is 2.22. The van der Waals surface area contributed by atoms with Crippen molar-refractivity contribution in [3.05, 3.63) is 12.2 Å². The Balaban J connectivity index is 1.96. The first-order valence-corrected chi connectivity index (χ1v) is 5.27. The average Bonchev–Trinajstić information content (AvgIpc) is 2.63. The van der Waals surface area contributed by atoms with Gasteiger partial charge < -0.3 is 18.9 Å². The minimum absolute atomic E-state index is 0.0214. The fraction of sp³-hybridized carbons (Fsp3) is 0.727. The summed E-state index contributed by atoms with van der Waals surface area (Å²) in [5, 5.41) is 0. The van der Waals surface area contributed by atoms with Crippen molar-refractivity contribution in [2.45, 2.75) is 26.2 Å². The van der Waals surface area contributed by atoms with Gasteiger partial charge in [0, 0.05) is 5.57 Å². The Labute approximate surface area is 95.3 Å². The topological polar surface area (TPSA) is 54.0 Å². The van der Waals surface area contributed by atoms with Crippen LogP contribution in [0.3, 0.4) is 0 Å². The lowest BCUT2D eigenvalue weighted by Gasteiger charge is -2.09. The summed E-state index contributed by atoms with van der Waals surface area (Å²) in [6.07, 6.45) is -0.179. The van der Waals surface area contributed by atoms with Crippen LogP contribution in [0.25, 0.3) is 0 Å². The fourth-order valence-electron chi connectivity index (χ4n) is 1.21. The number of carbonyl (C=O) groups excluding carboxylic acids is 1. The van der Waals surface area contributed by atoms with E-state index < -0.39 is 5.97 Å². The van der Waals surface area contributed by atoms with Crippen molar-refractivity contribution in [3.63, 3.8) is 0 Å². The van der Waals surface area contributed by atoms with E-state index >= 15 is 0 Å². The predicted molar refractivity (Wildman–Crippen MR) is 56.9 cm³/mol. The quantitative estimate of drug-likeness (QED) is 0.385. The van der Waals surface area contributed by atoms with E-state index in [1.165, 1.54) is 0 Å². The molecule has 0 aromatic rings. The van der Waals surface area contributed by atoms with Gasteiger partial charge in [0.1, 0.15) is 12.7 Å². The molecule has 0 bridgehead atoms. The molecule has 0 amide bonds. The molecule has 0 spiro atoms. The van der Waals surface area contributed by atoms with E-state index in [1.807, 2.05) is 6.92 Å². The van der Waals surface area contributed by atoms with Crippen LogP contribution in [0, 0.1) is 0 Å². The van der Waals surface area contributed by atoms with Crippen LogP contribution in [0.4, 0.5) is 0 Å². The molecule has 0 aliphatic carbocycles. The van der Waals surface area contributed by atoms with E-state index in [-0.39, 0.29) is 19.0 Å². The van der Waals surface area contributed by atoms with E-state index in [0.29, 0.717) is 25.4 Å². The maximum atomic E-state index is 11.0. The Kier molecular flexibility index (Phi) is 5.45. The molecule has 1 fully saturated rings. The van der Waals surface area contributed by atoms with Crippen LogP contribution >= 0.6 is 0 Å². The molecule has 92 valence electrons. The number of rotatable bonds is 6. The van der Waals surface area contributed by atoms with E-state index in [2.05, 4.69) is 6.58 Å². The largest absolute Gasteiger partial charge is 0.460 e. The molecule has 1 heterocycles. The zero-order valence-corrected chi connectivity index (χ0v) is 9.73. The van der Waals surface area contributed by atoms with Gasteiger partial charge in [-0.25, -0.2) is 4.79 Å². The maximum Gasteiger partial charge on any atom is 0.333 e. The summed E-state index contributed by atoms with van der Waals surface area (Å²) >= 11 is 0. The molecule has 5 heteroatoms. The van der Waals surface area contributed by atoms with Gasteiger partial charge in [0.25, 0.3) is 0 Å². The SMILES string of the molecule is C=C(C)C(=O)OCCOCC1COC(C)O1. The van der Waals surface area contributed by atoms with Crippen molar-refractivity contribution in [1.82, 2.24) is 0 Å². The van der Waals surface area contributed by atoms with E-state index in [9.17, 15) is 4.79 Å². The maximum absolute atomic E-state index is 11.0. The molecule has 0 N–H and O–H groups in total. The molecule has 0 aromatic carbocycles. The minimum atomic E-state index is -0.391. The van der Waals surface area contributed by atoms with Crippen LogP contribution in [-0.2, 0) is 23.7 Å². The molecule has 1 saturated heterocycles. The number of ether oxygens (including phenoxy) is 4. The first-order chi connectivity index (χ1) is 7.59.